The number of carbonyl (C=O) groups is 2. The molecule has 0 saturated heterocycles. The number of allylic oxidation sites excluding steroid dienone is 1. The van der Waals surface area contributed by atoms with Crippen LogP contribution in [0.2, 0.25) is 0 Å². The summed E-state index contributed by atoms with van der Waals surface area (Å²) in [5.41, 5.74) is 7.13. The topological polar surface area (TPSA) is 115 Å². The molecule has 8 nitrogen and oxygen atoms in total. The van der Waals surface area contributed by atoms with Gasteiger partial charge in [-0.1, -0.05) is 48.4 Å². The first-order valence-electron chi connectivity index (χ1n) is 9.81. The SMILES string of the molecule is C#CCOc1ccccc1N1C(N)=C(C#N)C(c2ccccc2)C(C(=O)OC)=C1C(=O)OC. The Balaban J connectivity index is 2.40. The molecule has 1 unspecified atom stereocenters. The molecule has 1 heterocycles. The zero-order valence-electron chi connectivity index (χ0n) is 18.1. The fraction of sp³-hybridized carbons (Fsp3) is 0.160. The second-order valence-electron chi connectivity index (χ2n) is 6.80. The highest BCUT2D eigenvalue weighted by Crippen LogP contribution is 2.45. The van der Waals surface area contributed by atoms with E-state index in [-0.39, 0.29) is 29.3 Å². The minimum absolute atomic E-state index is 0.0483. The number of carbonyl (C=O) groups excluding carboxylic acids is 2. The van der Waals surface area contributed by atoms with E-state index in [1.807, 2.05) is 0 Å². The highest BCUT2D eigenvalue weighted by atomic mass is 16.5. The number of nitriles is 1. The van der Waals surface area contributed by atoms with E-state index in [1.165, 1.54) is 19.1 Å². The largest absolute Gasteiger partial charge is 0.479 e. The van der Waals surface area contributed by atoms with E-state index in [9.17, 15) is 14.9 Å². The summed E-state index contributed by atoms with van der Waals surface area (Å²) in [6.45, 7) is -0.0483. The Labute approximate surface area is 191 Å². The number of hydrogen-bond acceptors (Lipinski definition) is 8. The molecule has 0 aliphatic carbocycles. The molecule has 2 N–H and O–H groups in total. The molecule has 166 valence electrons. The van der Waals surface area contributed by atoms with Crippen molar-refractivity contribution in [2.45, 2.75) is 5.92 Å². The third-order valence-corrected chi connectivity index (χ3v) is 5.03. The van der Waals surface area contributed by atoms with Crippen LogP contribution in [0.4, 0.5) is 5.69 Å². The van der Waals surface area contributed by atoms with Gasteiger partial charge in [0.15, 0.2) is 0 Å². The molecular formula is C25H21N3O5. The van der Waals surface area contributed by atoms with Crippen molar-refractivity contribution in [2.75, 3.05) is 25.7 Å². The zero-order chi connectivity index (χ0) is 24.0. The van der Waals surface area contributed by atoms with Crippen molar-refractivity contribution in [3.63, 3.8) is 0 Å². The van der Waals surface area contributed by atoms with E-state index >= 15 is 0 Å². The van der Waals surface area contributed by atoms with Crippen LogP contribution in [0.1, 0.15) is 11.5 Å². The van der Waals surface area contributed by atoms with Crippen LogP contribution in [0.15, 0.2) is 77.3 Å². The van der Waals surface area contributed by atoms with Gasteiger partial charge in [0, 0.05) is 0 Å². The van der Waals surface area contributed by atoms with E-state index in [4.69, 9.17) is 26.4 Å². The lowest BCUT2D eigenvalue weighted by molar-refractivity contribution is -0.139. The van der Waals surface area contributed by atoms with Crippen molar-refractivity contribution in [3.05, 3.63) is 82.8 Å². The first kappa shape index (κ1) is 23.0. The predicted molar refractivity (Wildman–Crippen MR) is 120 cm³/mol. The summed E-state index contributed by atoms with van der Waals surface area (Å²) in [5, 5.41) is 10.1. The number of esters is 2. The average molecular weight is 443 g/mol. The molecular weight excluding hydrogens is 422 g/mol. The Morgan fingerprint density at radius 3 is 2.30 bits per heavy atom. The highest BCUT2D eigenvalue weighted by molar-refractivity contribution is 6.06. The number of terminal acetylenes is 1. The first-order valence-corrected chi connectivity index (χ1v) is 9.81. The molecule has 0 fully saturated rings. The number of hydrogen-bond donors (Lipinski definition) is 1. The molecule has 33 heavy (non-hydrogen) atoms. The molecule has 2 aromatic carbocycles. The van der Waals surface area contributed by atoms with E-state index in [1.54, 1.807) is 54.6 Å². The molecule has 0 bridgehead atoms. The summed E-state index contributed by atoms with van der Waals surface area (Å²) in [7, 11) is 2.37. The van der Waals surface area contributed by atoms with Crippen LogP contribution < -0.4 is 15.4 Å². The van der Waals surface area contributed by atoms with E-state index in [2.05, 4.69) is 12.0 Å². The van der Waals surface area contributed by atoms with Crippen LogP contribution in [0.5, 0.6) is 5.75 Å². The molecule has 0 amide bonds. The summed E-state index contributed by atoms with van der Waals surface area (Å²) < 4.78 is 15.6. The minimum Gasteiger partial charge on any atom is -0.479 e. The lowest BCUT2D eigenvalue weighted by Crippen LogP contribution is -2.41. The standard InChI is InChI=1S/C25H21N3O5/c1-4-14-33-19-13-9-8-12-18(19)28-22(25(30)32-3)21(24(29)31-2)20(17(15-26)23(28)27)16-10-6-5-7-11-16/h1,5-13,20H,14,27H2,2-3H3. The molecule has 0 aromatic heterocycles. The smallest absolute Gasteiger partial charge is 0.355 e. The number of nitrogens with two attached hydrogens (primary N) is 1. The first-order chi connectivity index (χ1) is 16.0. The maximum atomic E-state index is 13.1. The average Bonchev–Trinajstić information content (AvgIpc) is 2.86. The van der Waals surface area contributed by atoms with Gasteiger partial charge in [0.05, 0.1) is 43.0 Å². The summed E-state index contributed by atoms with van der Waals surface area (Å²) in [6.07, 6.45) is 5.32. The number of ether oxygens (including phenoxy) is 3. The molecule has 2 aromatic rings. The Bertz CT molecular complexity index is 1220. The van der Waals surface area contributed by atoms with Crippen molar-refractivity contribution in [2.24, 2.45) is 5.73 Å². The van der Waals surface area contributed by atoms with Gasteiger partial charge >= 0.3 is 11.9 Å². The maximum absolute atomic E-state index is 13.1. The van der Waals surface area contributed by atoms with Gasteiger partial charge in [-0.3, -0.25) is 4.90 Å². The van der Waals surface area contributed by atoms with Crippen LogP contribution in [0.25, 0.3) is 0 Å². The number of benzene rings is 2. The van der Waals surface area contributed by atoms with Gasteiger partial charge in [0.2, 0.25) is 0 Å². The molecule has 0 saturated carbocycles. The Kier molecular flexibility index (Phi) is 7.02. The number of para-hydroxylation sites is 2. The number of methoxy groups -OCH3 is 2. The maximum Gasteiger partial charge on any atom is 0.355 e. The molecule has 1 aliphatic heterocycles. The van der Waals surface area contributed by atoms with Crippen molar-refractivity contribution in [1.29, 1.82) is 5.26 Å². The summed E-state index contributed by atoms with van der Waals surface area (Å²) in [6, 6.07) is 17.5. The molecule has 0 radical (unpaired) electrons. The number of anilines is 1. The van der Waals surface area contributed by atoms with Gasteiger partial charge in [0.25, 0.3) is 0 Å². The lowest BCUT2D eigenvalue weighted by Gasteiger charge is -2.36. The van der Waals surface area contributed by atoms with Crippen molar-refractivity contribution >= 4 is 17.6 Å². The van der Waals surface area contributed by atoms with Crippen LogP contribution in [0, 0.1) is 23.7 Å². The van der Waals surface area contributed by atoms with Crippen LogP contribution in [-0.2, 0) is 19.1 Å². The van der Waals surface area contributed by atoms with Gasteiger partial charge in [-0.15, -0.1) is 6.42 Å². The van der Waals surface area contributed by atoms with Gasteiger partial charge < -0.3 is 19.9 Å². The van der Waals surface area contributed by atoms with E-state index in [0.717, 1.165) is 0 Å². The molecule has 3 rings (SSSR count). The summed E-state index contributed by atoms with van der Waals surface area (Å²) in [4.78, 5) is 27.4. The fourth-order valence-electron chi connectivity index (χ4n) is 3.65. The molecule has 1 atom stereocenters. The quantitative estimate of drug-likeness (QED) is 0.535. The molecule has 0 spiro atoms. The van der Waals surface area contributed by atoms with Crippen LogP contribution in [0.3, 0.4) is 0 Å². The second kappa shape index (κ2) is 10.1. The predicted octanol–water partition coefficient (Wildman–Crippen LogP) is 2.60. The van der Waals surface area contributed by atoms with Gasteiger partial charge in [-0.2, -0.15) is 5.26 Å². The third-order valence-electron chi connectivity index (χ3n) is 5.03. The molecule has 8 heteroatoms. The van der Waals surface area contributed by atoms with E-state index < -0.39 is 17.9 Å². The zero-order valence-corrected chi connectivity index (χ0v) is 18.1. The van der Waals surface area contributed by atoms with Crippen molar-refractivity contribution in [3.8, 4) is 24.2 Å². The summed E-state index contributed by atoms with van der Waals surface area (Å²) in [5.74, 6) is 0.000992. The van der Waals surface area contributed by atoms with Crippen LogP contribution in [-0.4, -0.2) is 32.8 Å². The lowest BCUT2D eigenvalue weighted by atomic mass is 9.81. The fourth-order valence-corrected chi connectivity index (χ4v) is 3.65. The van der Waals surface area contributed by atoms with Crippen molar-refractivity contribution in [1.82, 2.24) is 0 Å². The van der Waals surface area contributed by atoms with Gasteiger partial charge in [0.1, 0.15) is 23.9 Å². The minimum atomic E-state index is -0.951. The Hall–Kier alpha value is -4.69. The number of nitrogens with zero attached hydrogens (tertiary/aromatic N) is 2. The second-order valence-corrected chi connectivity index (χ2v) is 6.80. The molecule has 1 aliphatic rings. The van der Waals surface area contributed by atoms with Gasteiger partial charge in [-0.05, 0) is 17.7 Å². The third kappa shape index (κ3) is 4.23. The highest BCUT2D eigenvalue weighted by Gasteiger charge is 2.43. The normalized spacial score (nSPS) is 15.4. The van der Waals surface area contributed by atoms with E-state index in [0.29, 0.717) is 17.0 Å². The Morgan fingerprint density at radius 2 is 1.70 bits per heavy atom. The van der Waals surface area contributed by atoms with Crippen molar-refractivity contribution < 1.29 is 23.8 Å². The van der Waals surface area contributed by atoms with Crippen LogP contribution >= 0.6 is 0 Å². The van der Waals surface area contributed by atoms with Gasteiger partial charge in [-0.25, -0.2) is 9.59 Å². The monoisotopic (exact) mass is 443 g/mol. The Morgan fingerprint density at radius 1 is 1.06 bits per heavy atom. The summed E-state index contributed by atoms with van der Waals surface area (Å²) >= 11 is 0. The number of rotatable bonds is 6.